The molecule has 3 aliphatic rings. The van der Waals surface area contributed by atoms with Gasteiger partial charge in [0.25, 0.3) is 5.91 Å². The summed E-state index contributed by atoms with van der Waals surface area (Å²) in [5.41, 5.74) is 5.38. The highest BCUT2D eigenvalue weighted by molar-refractivity contribution is 5.96. The molecule has 3 aliphatic heterocycles. The average Bonchev–Trinajstić information content (AvgIpc) is 3.37. The monoisotopic (exact) mass is 539 g/mol. The van der Waals surface area contributed by atoms with Crippen molar-refractivity contribution in [3.63, 3.8) is 0 Å². The van der Waals surface area contributed by atoms with Crippen LogP contribution >= 0.6 is 0 Å². The first-order valence-corrected chi connectivity index (χ1v) is 14.0. The Morgan fingerprint density at radius 3 is 2.52 bits per heavy atom. The Morgan fingerprint density at radius 1 is 1.00 bits per heavy atom. The number of carbonyl (C=O) groups is 1. The summed E-state index contributed by atoms with van der Waals surface area (Å²) in [4.78, 5) is 24.0. The van der Waals surface area contributed by atoms with Gasteiger partial charge >= 0.3 is 0 Å². The molecule has 3 saturated heterocycles. The van der Waals surface area contributed by atoms with Crippen molar-refractivity contribution in [2.24, 2.45) is 5.41 Å². The van der Waals surface area contributed by atoms with Crippen LogP contribution in [0.4, 0.5) is 0 Å². The lowest BCUT2D eigenvalue weighted by Crippen LogP contribution is -2.67. The summed E-state index contributed by atoms with van der Waals surface area (Å²) in [5.74, 6) is 0.768. The third kappa shape index (κ3) is 4.60. The van der Waals surface area contributed by atoms with Gasteiger partial charge in [-0.15, -0.1) is 0 Å². The molecule has 1 atom stereocenters. The Bertz CT molecular complexity index is 1540. The summed E-state index contributed by atoms with van der Waals surface area (Å²) < 4.78 is 23.8. The van der Waals surface area contributed by atoms with E-state index in [4.69, 9.17) is 18.6 Å². The van der Waals surface area contributed by atoms with E-state index >= 15 is 0 Å². The van der Waals surface area contributed by atoms with E-state index in [-0.39, 0.29) is 17.6 Å². The molecule has 0 radical (unpaired) electrons. The number of nitrogens with zero attached hydrogens (tertiary/aromatic N) is 3. The van der Waals surface area contributed by atoms with Crippen LogP contribution in [0.2, 0.25) is 0 Å². The Kier molecular flexibility index (Phi) is 6.22. The molecule has 40 heavy (non-hydrogen) atoms. The van der Waals surface area contributed by atoms with E-state index in [9.17, 15) is 4.79 Å². The van der Waals surface area contributed by atoms with Crippen molar-refractivity contribution in [1.82, 2.24) is 14.9 Å². The van der Waals surface area contributed by atoms with Crippen LogP contribution in [0, 0.1) is 5.41 Å². The normalized spacial score (nSPS) is 20.4. The van der Waals surface area contributed by atoms with Gasteiger partial charge in [-0.2, -0.15) is 0 Å². The first kappa shape index (κ1) is 25.4. The number of carbonyl (C=O) groups excluding carboxylic acids is 1. The molecule has 1 spiro atoms. The Hall–Kier alpha value is -3.59. The van der Waals surface area contributed by atoms with E-state index in [0.29, 0.717) is 16.9 Å². The highest BCUT2D eigenvalue weighted by atomic mass is 16.7. The van der Waals surface area contributed by atoms with Crippen molar-refractivity contribution in [3.05, 3.63) is 72.2 Å². The predicted molar refractivity (Wildman–Crippen MR) is 150 cm³/mol. The lowest BCUT2D eigenvalue weighted by molar-refractivity contribution is -0.220. The Morgan fingerprint density at radius 2 is 1.80 bits per heavy atom. The number of rotatable bonds is 6. The third-order valence-corrected chi connectivity index (χ3v) is 8.24. The molecule has 3 aromatic heterocycles. The number of hydrogen-bond donors (Lipinski definition) is 0. The molecular weight excluding hydrogens is 506 g/mol. The van der Waals surface area contributed by atoms with Crippen molar-refractivity contribution in [2.45, 2.75) is 45.0 Å². The fourth-order valence-corrected chi connectivity index (χ4v) is 5.87. The quantitative estimate of drug-likeness (QED) is 0.306. The number of fused-ring (bicyclic) bond motifs is 1. The number of ether oxygens (including phenoxy) is 3. The van der Waals surface area contributed by atoms with Crippen LogP contribution in [0.25, 0.3) is 33.6 Å². The molecule has 0 N–H and O–H groups in total. The molecule has 7 rings (SSSR count). The maximum atomic E-state index is 12.9. The van der Waals surface area contributed by atoms with Crippen molar-refractivity contribution in [3.8, 4) is 22.5 Å². The second-order valence-corrected chi connectivity index (χ2v) is 11.8. The number of furan rings is 1. The first-order chi connectivity index (χ1) is 19.4. The molecule has 206 valence electrons. The summed E-state index contributed by atoms with van der Waals surface area (Å²) in [6.07, 6.45) is 6.47. The minimum Gasteiger partial charge on any atom is -0.454 e. The van der Waals surface area contributed by atoms with E-state index in [1.54, 1.807) is 12.4 Å². The van der Waals surface area contributed by atoms with Gasteiger partial charge in [-0.1, -0.05) is 12.1 Å². The van der Waals surface area contributed by atoms with E-state index in [0.717, 1.165) is 80.1 Å². The zero-order chi connectivity index (χ0) is 27.3. The van der Waals surface area contributed by atoms with Gasteiger partial charge in [0, 0.05) is 54.8 Å². The van der Waals surface area contributed by atoms with Crippen LogP contribution in [0.3, 0.4) is 0 Å². The molecule has 8 nitrogen and oxygen atoms in total. The number of aromatic nitrogens is 2. The average molecular weight is 540 g/mol. The van der Waals surface area contributed by atoms with Gasteiger partial charge in [-0.25, -0.2) is 0 Å². The lowest BCUT2D eigenvalue weighted by Gasteiger charge is -2.54. The van der Waals surface area contributed by atoms with Crippen molar-refractivity contribution < 1.29 is 23.4 Å². The molecular formula is C32H33N3O5. The third-order valence-electron chi connectivity index (χ3n) is 8.24. The van der Waals surface area contributed by atoms with Crippen molar-refractivity contribution in [1.29, 1.82) is 0 Å². The maximum absolute atomic E-state index is 12.9. The van der Waals surface area contributed by atoms with Gasteiger partial charge in [-0.05, 0) is 69.0 Å². The highest BCUT2D eigenvalue weighted by Crippen LogP contribution is 2.39. The minimum absolute atomic E-state index is 0.0630. The van der Waals surface area contributed by atoms with Crippen LogP contribution < -0.4 is 0 Å². The number of hydrogen-bond acceptors (Lipinski definition) is 7. The van der Waals surface area contributed by atoms with Gasteiger partial charge in [0.05, 0.1) is 24.3 Å². The lowest BCUT2D eigenvalue weighted by atomic mass is 9.78. The molecule has 3 fully saturated rings. The van der Waals surface area contributed by atoms with E-state index in [1.807, 2.05) is 61.2 Å². The fourth-order valence-electron chi connectivity index (χ4n) is 5.87. The van der Waals surface area contributed by atoms with Crippen LogP contribution in [0.15, 0.2) is 65.3 Å². The molecule has 1 unspecified atom stereocenters. The smallest absolute Gasteiger partial charge is 0.253 e. The summed E-state index contributed by atoms with van der Waals surface area (Å²) in [6.45, 7) is 7.87. The topological polar surface area (TPSA) is 86.9 Å². The van der Waals surface area contributed by atoms with E-state index < -0.39 is 5.60 Å². The highest BCUT2D eigenvalue weighted by Gasteiger charge is 2.50. The molecule has 1 amide bonds. The largest absolute Gasteiger partial charge is 0.454 e. The summed E-state index contributed by atoms with van der Waals surface area (Å²) >= 11 is 0. The summed E-state index contributed by atoms with van der Waals surface area (Å²) in [7, 11) is 0. The fraction of sp³-hybridized carbons (Fsp3) is 0.406. The molecule has 0 bridgehead atoms. The number of amides is 1. The van der Waals surface area contributed by atoms with E-state index in [1.165, 1.54) is 0 Å². The molecule has 0 saturated carbocycles. The van der Waals surface area contributed by atoms with Gasteiger partial charge in [-0.3, -0.25) is 14.8 Å². The van der Waals surface area contributed by atoms with Gasteiger partial charge in [0.1, 0.15) is 16.9 Å². The van der Waals surface area contributed by atoms with E-state index in [2.05, 4.69) is 16.0 Å². The number of likely N-dealkylation sites (tertiary alicyclic amines) is 1. The maximum Gasteiger partial charge on any atom is 0.253 e. The molecule has 1 aromatic carbocycles. The Balaban J connectivity index is 1.12. The van der Waals surface area contributed by atoms with Crippen LogP contribution in [-0.4, -0.2) is 60.0 Å². The molecule has 4 aromatic rings. The second kappa shape index (κ2) is 9.80. The predicted octanol–water partition coefficient (Wildman–Crippen LogP) is 5.81. The van der Waals surface area contributed by atoms with Gasteiger partial charge in [0.2, 0.25) is 0 Å². The molecule has 6 heterocycles. The zero-order valence-electron chi connectivity index (χ0n) is 22.9. The summed E-state index contributed by atoms with van der Waals surface area (Å²) in [5, 5.41) is 0. The SMILES string of the molecule is CC(C)(OC1CCCCO1)c1cc(-c2ccnc3cc(-c4ccc(C(=O)N5CC6(COC6)C5)cc4)oc23)ccn1. The first-order valence-electron chi connectivity index (χ1n) is 14.0. The molecule has 0 aliphatic carbocycles. The summed E-state index contributed by atoms with van der Waals surface area (Å²) in [6, 6.07) is 15.5. The second-order valence-electron chi connectivity index (χ2n) is 11.8. The standard InChI is InChI=1S/C32H33N3O5/c1-31(2,40-28-5-3-4-14-38-28)27-15-23(10-12-34-27)24-11-13-33-25-16-26(39-29(24)25)21-6-8-22(9-7-21)30(36)35-17-32(18-35)19-37-20-32/h6-13,15-16,28H,3-5,14,17-20H2,1-2H3. The zero-order valence-corrected chi connectivity index (χ0v) is 22.9. The van der Waals surface area contributed by atoms with Gasteiger partial charge < -0.3 is 23.5 Å². The minimum atomic E-state index is -0.611. The van der Waals surface area contributed by atoms with Crippen LogP contribution in [0.1, 0.15) is 49.2 Å². The van der Waals surface area contributed by atoms with Crippen LogP contribution in [0.5, 0.6) is 0 Å². The van der Waals surface area contributed by atoms with Gasteiger partial charge in [0.15, 0.2) is 11.9 Å². The van der Waals surface area contributed by atoms with Crippen molar-refractivity contribution in [2.75, 3.05) is 32.9 Å². The number of benzene rings is 1. The van der Waals surface area contributed by atoms with Crippen LogP contribution in [-0.2, 0) is 19.8 Å². The Labute approximate surface area is 233 Å². The van der Waals surface area contributed by atoms with Crippen molar-refractivity contribution >= 4 is 17.0 Å². The number of pyridine rings is 2. The molecule has 8 heteroatoms.